The van der Waals surface area contributed by atoms with E-state index in [0.717, 1.165) is 17.8 Å². The van der Waals surface area contributed by atoms with Crippen LogP contribution in [0.3, 0.4) is 0 Å². The van der Waals surface area contributed by atoms with Crippen LogP contribution in [0.25, 0.3) is 0 Å². The van der Waals surface area contributed by atoms with Crippen molar-refractivity contribution >= 4 is 0 Å². The van der Waals surface area contributed by atoms with Gasteiger partial charge in [-0.3, -0.25) is 0 Å². The number of hydrogen-bond acceptors (Lipinski definition) is 2. The highest BCUT2D eigenvalue weighted by atomic mass is 15.0. The molecule has 1 unspecified atom stereocenters. The third-order valence-electron chi connectivity index (χ3n) is 2.90. The minimum atomic E-state index is 0.803. The lowest BCUT2D eigenvalue weighted by Crippen LogP contribution is -2.47. The molecule has 72 valence electrons. The Morgan fingerprint density at radius 3 is 2.42 bits per heavy atom. The molecule has 2 nitrogen and oxygen atoms in total. The van der Waals surface area contributed by atoms with Crippen molar-refractivity contribution in [3.05, 3.63) is 0 Å². The fourth-order valence-electron chi connectivity index (χ4n) is 1.24. The van der Waals surface area contributed by atoms with Crippen LogP contribution in [0.1, 0.15) is 20.8 Å². The van der Waals surface area contributed by atoms with Crippen LogP contribution in [-0.4, -0.2) is 26.2 Å². The quantitative estimate of drug-likeness (QED) is 0.645. The maximum absolute atomic E-state index is 3.53. The highest BCUT2D eigenvalue weighted by Crippen LogP contribution is 2.08. The Kier molecular flexibility index (Phi) is 4.02. The molecule has 1 fully saturated rings. The van der Waals surface area contributed by atoms with Gasteiger partial charge < -0.3 is 10.6 Å². The van der Waals surface area contributed by atoms with Gasteiger partial charge in [0.15, 0.2) is 0 Å². The average Bonchev–Trinajstić information content (AvgIpc) is 1.93. The summed E-state index contributed by atoms with van der Waals surface area (Å²) in [6, 6.07) is 0. The summed E-state index contributed by atoms with van der Waals surface area (Å²) in [4.78, 5) is 0. The Labute approximate surface area is 76.1 Å². The molecule has 0 radical (unpaired) electrons. The molecular weight excluding hydrogens is 148 g/mol. The van der Waals surface area contributed by atoms with E-state index in [1.165, 1.54) is 26.2 Å². The van der Waals surface area contributed by atoms with Crippen molar-refractivity contribution in [2.24, 2.45) is 17.8 Å². The third-order valence-corrected chi connectivity index (χ3v) is 2.90. The normalized spacial score (nSPS) is 21.0. The van der Waals surface area contributed by atoms with E-state index >= 15 is 0 Å². The first-order chi connectivity index (χ1) is 5.70. The van der Waals surface area contributed by atoms with E-state index in [-0.39, 0.29) is 0 Å². The van der Waals surface area contributed by atoms with Crippen molar-refractivity contribution in [2.75, 3.05) is 26.2 Å². The van der Waals surface area contributed by atoms with Crippen LogP contribution >= 0.6 is 0 Å². The summed E-state index contributed by atoms with van der Waals surface area (Å²) >= 11 is 0. The maximum Gasteiger partial charge on any atom is 0.000394 e. The van der Waals surface area contributed by atoms with Gasteiger partial charge in [0.1, 0.15) is 0 Å². The zero-order valence-electron chi connectivity index (χ0n) is 8.56. The molecule has 0 saturated carbocycles. The first-order valence-corrected chi connectivity index (χ1v) is 5.11. The van der Waals surface area contributed by atoms with Crippen molar-refractivity contribution in [1.82, 2.24) is 10.6 Å². The van der Waals surface area contributed by atoms with E-state index in [2.05, 4.69) is 31.4 Å². The second-order valence-corrected chi connectivity index (χ2v) is 4.40. The van der Waals surface area contributed by atoms with E-state index in [9.17, 15) is 0 Å². The topological polar surface area (TPSA) is 24.1 Å². The molecule has 1 aliphatic rings. The summed E-state index contributed by atoms with van der Waals surface area (Å²) in [6.45, 7) is 11.7. The Morgan fingerprint density at radius 2 is 2.00 bits per heavy atom. The van der Waals surface area contributed by atoms with Gasteiger partial charge in [-0.2, -0.15) is 0 Å². The molecule has 1 heterocycles. The molecule has 1 saturated heterocycles. The minimum absolute atomic E-state index is 0.803. The summed E-state index contributed by atoms with van der Waals surface area (Å²) < 4.78 is 0. The van der Waals surface area contributed by atoms with Crippen LogP contribution < -0.4 is 10.6 Å². The van der Waals surface area contributed by atoms with Gasteiger partial charge in [0.2, 0.25) is 0 Å². The highest BCUT2D eigenvalue weighted by Gasteiger charge is 2.16. The van der Waals surface area contributed by atoms with Gasteiger partial charge in [0.05, 0.1) is 0 Å². The van der Waals surface area contributed by atoms with Gasteiger partial charge >= 0.3 is 0 Å². The molecule has 0 spiro atoms. The van der Waals surface area contributed by atoms with Gasteiger partial charge in [-0.1, -0.05) is 20.8 Å². The molecule has 1 rings (SSSR count). The van der Waals surface area contributed by atoms with Crippen molar-refractivity contribution in [1.29, 1.82) is 0 Å². The van der Waals surface area contributed by atoms with E-state index in [1.807, 2.05) is 0 Å². The Morgan fingerprint density at radius 1 is 1.33 bits per heavy atom. The zero-order chi connectivity index (χ0) is 8.97. The summed E-state index contributed by atoms with van der Waals surface area (Å²) in [6.07, 6.45) is 0. The standard InChI is InChI=1S/C10H22N2/c1-8(2)9(3)4-11-5-10-6-12-7-10/h8-12H,4-7H2,1-3H3. The lowest BCUT2D eigenvalue weighted by atomic mass is 9.97. The monoisotopic (exact) mass is 170 g/mol. The molecule has 2 N–H and O–H groups in total. The highest BCUT2D eigenvalue weighted by molar-refractivity contribution is 4.76. The van der Waals surface area contributed by atoms with Crippen molar-refractivity contribution in [3.8, 4) is 0 Å². The maximum atomic E-state index is 3.53. The fourth-order valence-corrected chi connectivity index (χ4v) is 1.24. The van der Waals surface area contributed by atoms with Gasteiger partial charge in [-0.15, -0.1) is 0 Å². The summed E-state index contributed by atoms with van der Waals surface area (Å²) in [5, 5.41) is 6.81. The van der Waals surface area contributed by atoms with Crippen molar-refractivity contribution in [3.63, 3.8) is 0 Å². The summed E-state index contributed by atoms with van der Waals surface area (Å²) in [5.41, 5.74) is 0. The molecule has 0 aromatic carbocycles. The molecule has 0 amide bonds. The first-order valence-electron chi connectivity index (χ1n) is 5.11. The van der Waals surface area contributed by atoms with Gasteiger partial charge in [-0.05, 0) is 24.3 Å². The molecular formula is C10H22N2. The Balaban J connectivity index is 1.93. The number of rotatable bonds is 5. The summed E-state index contributed by atoms with van der Waals surface area (Å²) in [7, 11) is 0. The van der Waals surface area contributed by atoms with Gasteiger partial charge in [0.25, 0.3) is 0 Å². The second kappa shape index (κ2) is 4.83. The number of nitrogens with one attached hydrogen (secondary N) is 2. The Hall–Kier alpha value is -0.0800. The van der Waals surface area contributed by atoms with Crippen LogP contribution in [0, 0.1) is 17.8 Å². The van der Waals surface area contributed by atoms with Gasteiger partial charge in [-0.25, -0.2) is 0 Å². The molecule has 0 aromatic rings. The molecule has 0 bridgehead atoms. The van der Waals surface area contributed by atoms with Gasteiger partial charge in [0, 0.05) is 19.6 Å². The molecule has 1 atom stereocenters. The predicted molar refractivity (Wildman–Crippen MR) is 53.2 cm³/mol. The van der Waals surface area contributed by atoms with Crippen LogP contribution in [0.5, 0.6) is 0 Å². The summed E-state index contributed by atoms with van der Waals surface area (Å²) in [5.74, 6) is 2.50. The van der Waals surface area contributed by atoms with Crippen LogP contribution in [0.4, 0.5) is 0 Å². The first kappa shape index (κ1) is 10.0. The molecule has 2 heteroatoms. The Bertz CT molecular complexity index is 119. The molecule has 0 aromatic heterocycles. The second-order valence-electron chi connectivity index (χ2n) is 4.40. The minimum Gasteiger partial charge on any atom is -0.316 e. The van der Waals surface area contributed by atoms with Crippen molar-refractivity contribution in [2.45, 2.75) is 20.8 Å². The predicted octanol–water partition coefficient (Wildman–Crippen LogP) is 1.09. The smallest absolute Gasteiger partial charge is 0.000394 e. The zero-order valence-corrected chi connectivity index (χ0v) is 8.56. The average molecular weight is 170 g/mol. The lowest BCUT2D eigenvalue weighted by molar-refractivity contribution is 0.311. The lowest BCUT2D eigenvalue weighted by Gasteiger charge is -2.28. The van der Waals surface area contributed by atoms with Crippen LogP contribution in [0.2, 0.25) is 0 Å². The van der Waals surface area contributed by atoms with Crippen LogP contribution in [-0.2, 0) is 0 Å². The third kappa shape index (κ3) is 3.11. The van der Waals surface area contributed by atoms with E-state index in [1.54, 1.807) is 0 Å². The number of hydrogen-bond donors (Lipinski definition) is 2. The molecule has 0 aliphatic carbocycles. The molecule has 12 heavy (non-hydrogen) atoms. The van der Waals surface area contributed by atoms with Crippen LogP contribution in [0.15, 0.2) is 0 Å². The van der Waals surface area contributed by atoms with E-state index < -0.39 is 0 Å². The van der Waals surface area contributed by atoms with Crippen molar-refractivity contribution < 1.29 is 0 Å². The molecule has 1 aliphatic heterocycles. The van der Waals surface area contributed by atoms with E-state index in [0.29, 0.717) is 0 Å². The van der Waals surface area contributed by atoms with E-state index in [4.69, 9.17) is 0 Å². The largest absolute Gasteiger partial charge is 0.316 e. The fraction of sp³-hybridized carbons (Fsp3) is 1.00. The SMILES string of the molecule is CC(C)C(C)CNCC1CNC1.